The van der Waals surface area contributed by atoms with E-state index in [1.165, 1.54) is 12.8 Å². The van der Waals surface area contributed by atoms with Gasteiger partial charge in [0.1, 0.15) is 6.61 Å². The Morgan fingerprint density at radius 2 is 1.71 bits per heavy atom. The summed E-state index contributed by atoms with van der Waals surface area (Å²) in [6.07, 6.45) is 4.29. The van der Waals surface area contributed by atoms with Crippen LogP contribution < -0.4 is 5.32 Å². The van der Waals surface area contributed by atoms with Crippen LogP contribution in [-0.2, 0) is 11.3 Å². The van der Waals surface area contributed by atoms with Crippen molar-refractivity contribution in [1.29, 1.82) is 0 Å². The van der Waals surface area contributed by atoms with Crippen molar-refractivity contribution in [3.05, 3.63) is 35.9 Å². The third-order valence-corrected chi connectivity index (χ3v) is 2.51. The van der Waals surface area contributed by atoms with E-state index in [9.17, 15) is 9.18 Å². The van der Waals surface area contributed by atoms with Gasteiger partial charge in [0, 0.05) is 6.54 Å². The normalized spacial score (nSPS) is 8.62. The lowest BCUT2D eigenvalue weighted by molar-refractivity contribution is 0.139. The predicted octanol–water partition coefficient (Wildman–Crippen LogP) is 5.11. The van der Waals surface area contributed by atoms with Gasteiger partial charge in [0.15, 0.2) is 0 Å². The molecule has 1 aromatic rings. The SMILES string of the molecule is CC.CCCCCCNC(=O)OCc1ccccc1.CF. The Morgan fingerprint density at radius 3 is 2.29 bits per heavy atom. The summed E-state index contributed by atoms with van der Waals surface area (Å²) in [5, 5.41) is 2.75. The Labute approximate surface area is 128 Å². The lowest BCUT2D eigenvalue weighted by Gasteiger charge is -2.06. The van der Waals surface area contributed by atoms with E-state index in [1.54, 1.807) is 0 Å². The number of hydrogen-bond donors (Lipinski definition) is 1. The van der Waals surface area contributed by atoms with Gasteiger partial charge in [-0.15, -0.1) is 0 Å². The number of halogens is 1. The highest BCUT2D eigenvalue weighted by Crippen LogP contribution is 2.01. The molecule has 0 atom stereocenters. The molecule has 0 fully saturated rings. The molecule has 1 N–H and O–H groups in total. The molecule has 0 aliphatic carbocycles. The lowest BCUT2D eigenvalue weighted by atomic mass is 10.2. The van der Waals surface area contributed by atoms with Gasteiger partial charge < -0.3 is 10.1 Å². The van der Waals surface area contributed by atoms with Crippen LogP contribution in [0.25, 0.3) is 0 Å². The number of ether oxygens (including phenoxy) is 1. The number of unbranched alkanes of at least 4 members (excludes halogenated alkanes) is 3. The van der Waals surface area contributed by atoms with Crippen molar-refractivity contribution in [3.63, 3.8) is 0 Å². The molecule has 0 spiro atoms. The summed E-state index contributed by atoms with van der Waals surface area (Å²) in [7, 11) is 0.500. The van der Waals surface area contributed by atoms with E-state index < -0.39 is 0 Å². The minimum atomic E-state index is -0.328. The first-order valence-corrected chi connectivity index (χ1v) is 7.65. The predicted molar refractivity (Wildman–Crippen MR) is 87.2 cm³/mol. The largest absolute Gasteiger partial charge is 0.445 e. The van der Waals surface area contributed by atoms with Crippen molar-refractivity contribution in [2.24, 2.45) is 0 Å². The van der Waals surface area contributed by atoms with Crippen LogP contribution >= 0.6 is 0 Å². The van der Waals surface area contributed by atoms with Crippen LogP contribution in [-0.4, -0.2) is 19.8 Å². The Balaban J connectivity index is 0. The molecular weight excluding hydrogens is 269 g/mol. The molecule has 0 radical (unpaired) electrons. The second-order valence-electron chi connectivity index (χ2n) is 4.05. The highest BCUT2D eigenvalue weighted by Gasteiger charge is 2.00. The number of amides is 1. The maximum Gasteiger partial charge on any atom is 0.407 e. The first-order valence-electron chi connectivity index (χ1n) is 7.65. The molecule has 122 valence electrons. The van der Waals surface area contributed by atoms with E-state index >= 15 is 0 Å². The molecule has 0 bridgehead atoms. The maximum absolute atomic E-state index is 11.3. The smallest absolute Gasteiger partial charge is 0.407 e. The van der Waals surface area contributed by atoms with Gasteiger partial charge in [-0.3, -0.25) is 4.39 Å². The third-order valence-electron chi connectivity index (χ3n) is 2.51. The first-order chi connectivity index (χ1) is 10.3. The highest BCUT2D eigenvalue weighted by molar-refractivity contribution is 5.67. The Hall–Kier alpha value is -1.58. The minimum Gasteiger partial charge on any atom is -0.445 e. The van der Waals surface area contributed by atoms with Crippen molar-refractivity contribution in [2.75, 3.05) is 13.7 Å². The van der Waals surface area contributed by atoms with Gasteiger partial charge in [0.25, 0.3) is 0 Å². The van der Waals surface area contributed by atoms with Crippen LogP contribution in [0.4, 0.5) is 9.18 Å². The fourth-order valence-corrected chi connectivity index (χ4v) is 1.52. The summed E-state index contributed by atoms with van der Waals surface area (Å²) in [6, 6.07) is 9.68. The quantitative estimate of drug-likeness (QED) is 0.711. The van der Waals surface area contributed by atoms with E-state index in [-0.39, 0.29) is 6.09 Å². The summed E-state index contributed by atoms with van der Waals surface area (Å²) < 4.78 is 14.6. The number of carbonyl (C=O) groups is 1. The van der Waals surface area contributed by atoms with Crippen molar-refractivity contribution in [2.45, 2.75) is 53.1 Å². The van der Waals surface area contributed by atoms with Gasteiger partial charge in [-0.1, -0.05) is 70.4 Å². The van der Waals surface area contributed by atoms with Crippen molar-refractivity contribution < 1.29 is 13.9 Å². The summed E-state index contributed by atoms with van der Waals surface area (Å²) in [5.41, 5.74) is 1.01. The van der Waals surface area contributed by atoms with Crippen LogP contribution in [0.3, 0.4) is 0 Å². The Morgan fingerprint density at radius 1 is 1.10 bits per heavy atom. The van der Waals surface area contributed by atoms with Gasteiger partial charge in [0.2, 0.25) is 0 Å². The zero-order valence-corrected chi connectivity index (χ0v) is 13.8. The molecular formula is C17H30FNO2. The molecule has 1 aromatic carbocycles. The van der Waals surface area contributed by atoms with Gasteiger partial charge in [0.05, 0.1) is 7.18 Å². The number of rotatable bonds is 7. The molecule has 0 aliphatic rings. The molecule has 1 rings (SSSR count). The maximum atomic E-state index is 11.3. The number of alkyl carbamates (subject to hydrolysis) is 1. The average Bonchev–Trinajstić information content (AvgIpc) is 2.57. The first kappa shape index (κ1) is 21.7. The number of nitrogens with one attached hydrogen (secondary N) is 1. The average molecular weight is 299 g/mol. The van der Waals surface area contributed by atoms with Crippen molar-refractivity contribution in [1.82, 2.24) is 5.32 Å². The summed E-state index contributed by atoms with van der Waals surface area (Å²) in [6.45, 7) is 7.21. The van der Waals surface area contributed by atoms with Crippen LogP contribution in [0, 0.1) is 0 Å². The molecule has 21 heavy (non-hydrogen) atoms. The molecule has 0 saturated heterocycles. The van der Waals surface area contributed by atoms with Gasteiger partial charge in [-0.25, -0.2) is 4.79 Å². The van der Waals surface area contributed by atoms with Crippen molar-refractivity contribution >= 4 is 6.09 Å². The van der Waals surface area contributed by atoms with Crippen molar-refractivity contribution in [3.8, 4) is 0 Å². The summed E-state index contributed by atoms with van der Waals surface area (Å²) in [4.78, 5) is 11.3. The summed E-state index contributed by atoms with van der Waals surface area (Å²) in [5.74, 6) is 0. The zero-order chi connectivity index (χ0) is 16.3. The number of hydrogen-bond acceptors (Lipinski definition) is 2. The fraction of sp³-hybridized carbons (Fsp3) is 0.588. The zero-order valence-electron chi connectivity index (χ0n) is 13.8. The molecule has 0 unspecified atom stereocenters. The van der Waals surface area contributed by atoms with Gasteiger partial charge >= 0.3 is 6.09 Å². The molecule has 0 aliphatic heterocycles. The lowest BCUT2D eigenvalue weighted by Crippen LogP contribution is -2.25. The van der Waals surface area contributed by atoms with Gasteiger partial charge in [-0.2, -0.15) is 0 Å². The second-order valence-corrected chi connectivity index (χ2v) is 4.05. The fourth-order valence-electron chi connectivity index (χ4n) is 1.52. The molecule has 1 amide bonds. The molecule has 0 aromatic heterocycles. The van der Waals surface area contributed by atoms with Crippen LogP contribution in [0.15, 0.2) is 30.3 Å². The minimum absolute atomic E-state index is 0.328. The van der Waals surface area contributed by atoms with E-state index in [1.807, 2.05) is 44.2 Å². The Kier molecular flexibility index (Phi) is 19.0. The molecule has 3 nitrogen and oxygen atoms in total. The van der Waals surface area contributed by atoms with E-state index in [0.29, 0.717) is 20.3 Å². The highest BCUT2D eigenvalue weighted by atomic mass is 19.1. The van der Waals surface area contributed by atoms with Gasteiger partial charge in [-0.05, 0) is 12.0 Å². The third kappa shape index (κ3) is 14.6. The van der Waals surface area contributed by atoms with Crippen LogP contribution in [0.5, 0.6) is 0 Å². The summed E-state index contributed by atoms with van der Waals surface area (Å²) >= 11 is 0. The molecule has 0 heterocycles. The second kappa shape index (κ2) is 18.4. The molecule has 0 saturated carbocycles. The topological polar surface area (TPSA) is 38.3 Å². The van der Waals surface area contributed by atoms with Crippen LogP contribution in [0.2, 0.25) is 0 Å². The monoisotopic (exact) mass is 299 g/mol. The van der Waals surface area contributed by atoms with E-state index in [4.69, 9.17) is 4.74 Å². The van der Waals surface area contributed by atoms with E-state index in [0.717, 1.165) is 18.4 Å². The standard InChI is InChI=1S/C14H21NO2.C2H6.CH3F/c1-2-3-4-8-11-15-14(16)17-12-13-9-6-5-7-10-13;2*1-2/h5-7,9-10H,2-4,8,11-12H2,1H3,(H,15,16);1-2H3;1H3. The number of benzene rings is 1. The molecule has 4 heteroatoms. The number of alkyl halides is 1. The Bertz CT molecular complexity index is 318. The van der Waals surface area contributed by atoms with E-state index in [2.05, 4.69) is 12.2 Å². The van der Waals surface area contributed by atoms with Crippen LogP contribution in [0.1, 0.15) is 52.0 Å². The number of carbonyl (C=O) groups excluding carboxylic acids is 1.